The van der Waals surface area contributed by atoms with Gasteiger partial charge in [0.25, 0.3) is 0 Å². The van der Waals surface area contributed by atoms with Crippen LogP contribution in [0.3, 0.4) is 0 Å². The van der Waals surface area contributed by atoms with Gasteiger partial charge in [-0.05, 0) is 50.9 Å². The van der Waals surface area contributed by atoms with E-state index in [1.165, 1.54) is 25.9 Å². The number of nitrogens with zero attached hydrogens (tertiary/aromatic N) is 2. The fourth-order valence-electron chi connectivity index (χ4n) is 3.43. The van der Waals surface area contributed by atoms with E-state index in [1.54, 1.807) is 0 Å². The van der Waals surface area contributed by atoms with Crippen LogP contribution in [0, 0.1) is 0 Å². The third-order valence-electron chi connectivity index (χ3n) is 4.69. The molecule has 114 valence electrons. The normalized spacial score (nSPS) is 20.7. The van der Waals surface area contributed by atoms with E-state index in [2.05, 4.69) is 10.2 Å². The van der Waals surface area contributed by atoms with E-state index in [9.17, 15) is 4.79 Å². The first-order valence-electron chi connectivity index (χ1n) is 8.14. The average Bonchev–Trinajstić information content (AvgIpc) is 3.08. The highest BCUT2D eigenvalue weighted by atomic mass is 16.2. The SMILES string of the molecule is O=C(CNc1ccccc1)N1CCC(N2CCCC2)CC1. The Morgan fingerprint density at radius 2 is 1.71 bits per heavy atom. The molecule has 1 aromatic carbocycles. The van der Waals surface area contributed by atoms with Gasteiger partial charge in [-0.15, -0.1) is 0 Å². The largest absolute Gasteiger partial charge is 0.376 e. The van der Waals surface area contributed by atoms with Crippen LogP contribution in [-0.2, 0) is 4.79 Å². The Hall–Kier alpha value is -1.55. The summed E-state index contributed by atoms with van der Waals surface area (Å²) in [4.78, 5) is 16.9. The molecular weight excluding hydrogens is 262 g/mol. The van der Waals surface area contributed by atoms with Gasteiger partial charge in [0.15, 0.2) is 0 Å². The summed E-state index contributed by atoms with van der Waals surface area (Å²) < 4.78 is 0. The Kier molecular flexibility index (Phi) is 4.76. The molecule has 0 unspecified atom stereocenters. The molecule has 0 atom stereocenters. The van der Waals surface area contributed by atoms with Gasteiger partial charge in [0.05, 0.1) is 6.54 Å². The first-order valence-corrected chi connectivity index (χ1v) is 8.14. The van der Waals surface area contributed by atoms with Crippen LogP contribution >= 0.6 is 0 Å². The van der Waals surface area contributed by atoms with Crippen LogP contribution in [0.2, 0.25) is 0 Å². The molecule has 21 heavy (non-hydrogen) atoms. The van der Waals surface area contributed by atoms with Crippen LogP contribution in [0.15, 0.2) is 30.3 Å². The van der Waals surface area contributed by atoms with E-state index in [1.807, 2.05) is 35.2 Å². The van der Waals surface area contributed by atoms with Crippen molar-refractivity contribution in [2.75, 3.05) is 38.0 Å². The van der Waals surface area contributed by atoms with Gasteiger partial charge in [-0.1, -0.05) is 18.2 Å². The van der Waals surface area contributed by atoms with Crippen molar-refractivity contribution in [3.63, 3.8) is 0 Å². The molecular formula is C17H25N3O. The number of piperidine rings is 1. The lowest BCUT2D eigenvalue weighted by Crippen LogP contribution is -2.47. The van der Waals surface area contributed by atoms with Gasteiger partial charge < -0.3 is 15.1 Å². The van der Waals surface area contributed by atoms with Crippen LogP contribution in [0.5, 0.6) is 0 Å². The van der Waals surface area contributed by atoms with E-state index >= 15 is 0 Å². The number of rotatable bonds is 4. The summed E-state index contributed by atoms with van der Waals surface area (Å²) >= 11 is 0. The van der Waals surface area contributed by atoms with Crippen LogP contribution < -0.4 is 5.32 Å². The monoisotopic (exact) mass is 287 g/mol. The molecule has 0 bridgehead atoms. The van der Waals surface area contributed by atoms with E-state index in [4.69, 9.17) is 0 Å². The molecule has 0 spiro atoms. The second-order valence-corrected chi connectivity index (χ2v) is 6.07. The third kappa shape index (κ3) is 3.76. The number of likely N-dealkylation sites (tertiary alicyclic amines) is 2. The smallest absolute Gasteiger partial charge is 0.241 e. The van der Waals surface area contributed by atoms with E-state index in [0.717, 1.165) is 31.6 Å². The van der Waals surface area contributed by atoms with E-state index in [0.29, 0.717) is 12.6 Å². The lowest BCUT2D eigenvalue weighted by molar-refractivity contribution is -0.130. The molecule has 1 amide bonds. The summed E-state index contributed by atoms with van der Waals surface area (Å²) in [5.41, 5.74) is 1.01. The van der Waals surface area contributed by atoms with Crippen molar-refractivity contribution < 1.29 is 4.79 Å². The predicted octanol–water partition coefficient (Wildman–Crippen LogP) is 2.19. The quantitative estimate of drug-likeness (QED) is 0.922. The maximum absolute atomic E-state index is 12.2. The molecule has 0 saturated carbocycles. The van der Waals surface area contributed by atoms with Crippen molar-refractivity contribution in [3.05, 3.63) is 30.3 Å². The number of carbonyl (C=O) groups excluding carboxylic acids is 1. The first kappa shape index (κ1) is 14.4. The molecule has 1 aromatic rings. The topological polar surface area (TPSA) is 35.6 Å². The van der Waals surface area contributed by atoms with Gasteiger partial charge in [-0.2, -0.15) is 0 Å². The summed E-state index contributed by atoms with van der Waals surface area (Å²) in [6.07, 6.45) is 4.97. The molecule has 4 nitrogen and oxygen atoms in total. The van der Waals surface area contributed by atoms with Crippen molar-refractivity contribution in [2.24, 2.45) is 0 Å². The Morgan fingerprint density at radius 1 is 1.05 bits per heavy atom. The summed E-state index contributed by atoms with van der Waals surface area (Å²) in [5.74, 6) is 0.221. The van der Waals surface area contributed by atoms with Crippen molar-refractivity contribution in [3.8, 4) is 0 Å². The molecule has 0 radical (unpaired) electrons. The number of carbonyl (C=O) groups is 1. The van der Waals surface area contributed by atoms with Gasteiger partial charge in [-0.3, -0.25) is 4.79 Å². The molecule has 2 fully saturated rings. The predicted molar refractivity (Wildman–Crippen MR) is 85.3 cm³/mol. The molecule has 3 rings (SSSR count). The minimum Gasteiger partial charge on any atom is -0.376 e. The Bertz CT molecular complexity index is 448. The maximum atomic E-state index is 12.2. The van der Waals surface area contributed by atoms with Crippen LogP contribution in [0.4, 0.5) is 5.69 Å². The van der Waals surface area contributed by atoms with Crippen LogP contribution in [0.1, 0.15) is 25.7 Å². The van der Waals surface area contributed by atoms with Crippen molar-refractivity contribution in [2.45, 2.75) is 31.7 Å². The number of nitrogens with one attached hydrogen (secondary N) is 1. The van der Waals surface area contributed by atoms with Crippen LogP contribution in [-0.4, -0.2) is 54.5 Å². The standard InChI is InChI=1S/C17H25N3O/c21-17(14-18-15-6-2-1-3-7-15)20-12-8-16(9-13-20)19-10-4-5-11-19/h1-3,6-7,16,18H,4-5,8-14H2. The number of anilines is 1. The Balaban J connectivity index is 1.42. The van der Waals surface area contributed by atoms with E-state index < -0.39 is 0 Å². The summed E-state index contributed by atoms with van der Waals surface area (Å²) in [5, 5.41) is 3.21. The minimum atomic E-state index is 0.221. The lowest BCUT2D eigenvalue weighted by Gasteiger charge is -2.36. The second kappa shape index (κ2) is 6.94. The number of para-hydroxylation sites is 1. The van der Waals surface area contributed by atoms with Crippen molar-refractivity contribution in [1.29, 1.82) is 0 Å². The number of hydrogen-bond acceptors (Lipinski definition) is 3. The van der Waals surface area contributed by atoms with Gasteiger partial charge in [-0.25, -0.2) is 0 Å². The van der Waals surface area contributed by atoms with Crippen LogP contribution in [0.25, 0.3) is 0 Å². The maximum Gasteiger partial charge on any atom is 0.241 e. The molecule has 0 aliphatic carbocycles. The summed E-state index contributed by atoms with van der Waals surface area (Å²) in [6.45, 7) is 4.74. The van der Waals surface area contributed by atoms with Gasteiger partial charge >= 0.3 is 0 Å². The highest BCUT2D eigenvalue weighted by Gasteiger charge is 2.27. The Labute approximate surface area is 127 Å². The zero-order valence-corrected chi connectivity index (χ0v) is 12.6. The molecule has 1 N–H and O–H groups in total. The van der Waals surface area contributed by atoms with Gasteiger partial charge in [0, 0.05) is 24.8 Å². The highest BCUT2D eigenvalue weighted by Crippen LogP contribution is 2.21. The van der Waals surface area contributed by atoms with Gasteiger partial charge in [0.2, 0.25) is 5.91 Å². The molecule has 2 aliphatic heterocycles. The fraction of sp³-hybridized carbons (Fsp3) is 0.588. The lowest BCUT2D eigenvalue weighted by atomic mass is 10.0. The van der Waals surface area contributed by atoms with Gasteiger partial charge in [0.1, 0.15) is 0 Å². The highest BCUT2D eigenvalue weighted by molar-refractivity contribution is 5.80. The summed E-state index contributed by atoms with van der Waals surface area (Å²) in [7, 11) is 0. The number of hydrogen-bond donors (Lipinski definition) is 1. The average molecular weight is 287 g/mol. The zero-order valence-electron chi connectivity index (χ0n) is 12.6. The summed E-state index contributed by atoms with van der Waals surface area (Å²) in [6, 6.07) is 10.6. The molecule has 0 aromatic heterocycles. The third-order valence-corrected chi connectivity index (χ3v) is 4.69. The fourth-order valence-corrected chi connectivity index (χ4v) is 3.43. The molecule has 2 saturated heterocycles. The Morgan fingerprint density at radius 3 is 2.38 bits per heavy atom. The second-order valence-electron chi connectivity index (χ2n) is 6.07. The zero-order chi connectivity index (χ0) is 14.5. The molecule has 4 heteroatoms. The number of benzene rings is 1. The first-order chi connectivity index (χ1) is 10.3. The number of amides is 1. The van der Waals surface area contributed by atoms with Crippen molar-refractivity contribution in [1.82, 2.24) is 9.80 Å². The van der Waals surface area contributed by atoms with E-state index in [-0.39, 0.29) is 5.91 Å². The minimum absolute atomic E-state index is 0.221. The molecule has 2 aliphatic rings. The molecule has 2 heterocycles. The van der Waals surface area contributed by atoms with Crippen molar-refractivity contribution >= 4 is 11.6 Å².